The molecule has 0 aliphatic carbocycles. The van der Waals surface area contributed by atoms with Crippen molar-refractivity contribution in [1.82, 2.24) is 0 Å². The number of halogens is 1. The second kappa shape index (κ2) is 8.08. The summed E-state index contributed by atoms with van der Waals surface area (Å²) in [4.78, 5) is 0. The maximum atomic E-state index is 5.61. The van der Waals surface area contributed by atoms with Gasteiger partial charge in [0.2, 0.25) is 0 Å². The van der Waals surface area contributed by atoms with Crippen molar-refractivity contribution in [1.29, 1.82) is 0 Å². The molecule has 0 heterocycles. The van der Waals surface area contributed by atoms with E-state index in [1.165, 1.54) is 5.56 Å². The van der Waals surface area contributed by atoms with Gasteiger partial charge in [-0.3, -0.25) is 0 Å². The summed E-state index contributed by atoms with van der Waals surface area (Å²) in [7, 11) is 0. The molecule has 0 saturated heterocycles. The van der Waals surface area contributed by atoms with Crippen LogP contribution in [0.15, 0.2) is 53.0 Å². The van der Waals surface area contributed by atoms with E-state index in [0.717, 1.165) is 35.4 Å². The predicted octanol–water partition coefficient (Wildman–Crippen LogP) is 5.80. The molecule has 21 heavy (non-hydrogen) atoms. The number of nitrogens with one attached hydrogen (secondary N) is 1. The molecule has 0 aliphatic heterocycles. The first-order chi connectivity index (χ1) is 10.2. The summed E-state index contributed by atoms with van der Waals surface area (Å²) in [5.74, 6) is 0.929. The number of benzene rings is 2. The lowest BCUT2D eigenvalue weighted by atomic mass is 10.0. The lowest BCUT2D eigenvalue weighted by molar-refractivity contribution is 0.317. The van der Waals surface area contributed by atoms with Gasteiger partial charge < -0.3 is 10.1 Å². The zero-order chi connectivity index (χ0) is 15.1. The van der Waals surface area contributed by atoms with Gasteiger partial charge in [-0.05, 0) is 54.8 Å². The van der Waals surface area contributed by atoms with Gasteiger partial charge in [0.25, 0.3) is 0 Å². The van der Waals surface area contributed by atoms with E-state index in [4.69, 9.17) is 4.74 Å². The van der Waals surface area contributed by atoms with E-state index in [0.29, 0.717) is 6.04 Å². The summed E-state index contributed by atoms with van der Waals surface area (Å²) in [6.45, 7) is 5.07. The highest BCUT2D eigenvalue weighted by Crippen LogP contribution is 2.26. The van der Waals surface area contributed by atoms with Crippen LogP contribution in [-0.2, 0) is 0 Å². The van der Waals surface area contributed by atoms with E-state index < -0.39 is 0 Å². The second-order valence-corrected chi connectivity index (χ2v) is 5.95. The van der Waals surface area contributed by atoms with Crippen molar-refractivity contribution in [3.05, 3.63) is 58.6 Å². The Bertz CT molecular complexity index is 553. The molecule has 1 atom stereocenters. The molecule has 2 nitrogen and oxygen atoms in total. The highest BCUT2D eigenvalue weighted by Gasteiger charge is 2.09. The predicted molar refractivity (Wildman–Crippen MR) is 93.0 cm³/mol. The first-order valence-corrected chi connectivity index (χ1v) is 8.27. The first-order valence-electron chi connectivity index (χ1n) is 7.47. The van der Waals surface area contributed by atoms with Gasteiger partial charge in [0.15, 0.2) is 0 Å². The third-order valence-corrected chi connectivity index (χ3v) is 3.82. The highest BCUT2D eigenvalue weighted by molar-refractivity contribution is 9.10. The quantitative estimate of drug-likeness (QED) is 0.683. The Morgan fingerprint density at radius 3 is 2.48 bits per heavy atom. The molecule has 2 aromatic rings. The number of hydrogen-bond acceptors (Lipinski definition) is 2. The van der Waals surface area contributed by atoms with Crippen LogP contribution in [0.2, 0.25) is 0 Å². The van der Waals surface area contributed by atoms with Crippen molar-refractivity contribution < 1.29 is 4.74 Å². The van der Waals surface area contributed by atoms with E-state index in [2.05, 4.69) is 71.5 Å². The summed E-state index contributed by atoms with van der Waals surface area (Å²) >= 11 is 3.53. The Hall–Kier alpha value is -1.48. The molecule has 0 amide bonds. The Kier molecular flexibility index (Phi) is 6.12. The maximum absolute atomic E-state index is 5.61. The van der Waals surface area contributed by atoms with Gasteiger partial charge in [-0.2, -0.15) is 0 Å². The lowest BCUT2D eigenvalue weighted by Crippen LogP contribution is -2.09. The summed E-state index contributed by atoms with van der Waals surface area (Å²) in [6.07, 6.45) is 2.06. The summed E-state index contributed by atoms with van der Waals surface area (Å²) < 4.78 is 6.72. The summed E-state index contributed by atoms with van der Waals surface area (Å²) in [5, 5.41) is 3.58. The van der Waals surface area contributed by atoms with Crippen LogP contribution in [-0.4, -0.2) is 6.61 Å². The molecule has 0 aliphatic rings. The number of hydrogen-bond donors (Lipinski definition) is 1. The number of rotatable bonds is 7. The molecule has 2 aromatic carbocycles. The van der Waals surface area contributed by atoms with E-state index >= 15 is 0 Å². The van der Waals surface area contributed by atoms with Crippen LogP contribution in [0.5, 0.6) is 5.75 Å². The van der Waals surface area contributed by atoms with Crippen LogP contribution in [0.1, 0.15) is 38.3 Å². The Labute approximate surface area is 135 Å². The van der Waals surface area contributed by atoms with Gasteiger partial charge in [0, 0.05) is 10.2 Å². The van der Waals surface area contributed by atoms with Gasteiger partial charge in [0.05, 0.1) is 12.6 Å². The van der Waals surface area contributed by atoms with Crippen LogP contribution in [0.25, 0.3) is 0 Å². The zero-order valence-electron chi connectivity index (χ0n) is 12.6. The monoisotopic (exact) mass is 347 g/mol. The van der Waals surface area contributed by atoms with Crippen LogP contribution < -0.4 is 10.1 Å². The van der Waals surface area contributed by atoms with Crippen molar-refractivity contribution in [3.8, 4) is 5.75 Å². The molecule has 1 N–H and O–H groups in total. The fourth-order valence-corrected chi connectivity index (χ4v) is 2.63. The van der Waals surface area contributed by atoms with Crippen molar-refractivity contribution >= 4 is 21.6 Å². The van der Waals surface area contributed by atoms with Crippen molar-refractivity contribution in [2.75, 3.05) is 11.9 Å². The zero-order valence-corrected chi connectivity index (χ0v) is 14.2. The molecule has 0 aromatic heterocycles. The molecule has 112 valence electrons. The second-order valence-electron chi connectivity index (χ2n) is 5.03. The van der Waals surface area contributed by atoms with Gasteiger partial charge in [0.1, 0.15) is 5.75 Å². The molecule has 3 heteroatoms. The van der Waals surface area contributed by atoms with E-state index in [1.807, 2.05) is 12.1 Å². The van der Waals surface area contributed by atoms with Gasteiger partial charge in [-0.25, -0.2) is 0 Å². The Morgan fingerprint density at radius 2 is 1.86 bits per heavy atom. The van der Waals surface area contributed by atoms with Crippen molar-refractivity contribution in [2.24, 2.45) is 0 Å². The fourth-order valence-electron chi connectivity index (χ4n) is 2.21. The largest absolute Gasteiger partial charge is 0.494 e. The summed E-state index contributed by atoms with van der Waals surface area (Å²) in [6, 6.07) is 16.9. The Balaban J connectivity index is 2.04. The van der Waals surface area contributed by atoms with Crippen molar-refractivity contribution in [2.45, 2.75) is 32.7 Å². The van der Waals surface area contributed by atoms with Crippen LogP contribution in [0, 0.1) is 0 Å². The first kappa shape index (κ1) is 15.9. The molecule has 1 unspecified atom stereocenters. The normalized spacial score (nSPS) is 12.0. The lowest BCUT2D eigenvalue weighted by Gasteiger charge is -2.19. The highest BCUT2D eigenvalue weighted by atomic mass is 79.9. The van der Waals surface area contributed by atoms with Gasteiger partial charge in [-0.1, -0.05) is 41.9 Å². The maximum Gasteiger partial charge on any atom is 0.119 e. The fraction of sp³-hybridized carbons (Fsp3) is 0.333. The minimum absolute atomic E-state index is 0.310. The van der Waals surface area contributed by atoms with Gasteiger partial charge in [-0.15, -0.1) is 0 Å². The number of anilines is 1. The minimum Gasteiger partial charge on any atom is -0.494 e. The third-order valence-electron chi connectivity index (χ3n) is 3.33. The molecule has 0 radical (unpaired) electrons. The molecule has 2 rings (SSSR count). The number of ether oxygens (including phenoxy) is 1. The standard InChI is InChI=1S/C18H22BrNO/c1-3-12-21-17-10-8-16(9-11-17)20-18(4-2)14-6-5-7-15(19)13-14/h5-11,13,18,20H,3-4,12H2,1-2H3. The topological polar surface area (TPSA) is 21.3 Å². The third kappa shape index (κ3) is 4.78. The molecule has 0 saturated carbocycles. The van der Waals surface area contributed by atoms with Crippen LogP contribution in [0.3, 0.4) is 0 Å². The molecular weight excluding hydrogens is 326 g/mol. The molecular formula is C18H22BrNO. The van der Waals surface area contributed by atoms with Crippen LogP contribution in [0.4, 0.5) is 5.69 Å². The smallest absolute Gasteiger partial charge is 0.119 e. The Morgan fingerprint density at radius 1 is 1.10 bits per heavy atom. The SMILES string of the molecule is CCCOc1ccc(NC(CC)c2cccc(Br)c2)cc1. The minimum atomic E-state index is 0.310. The summed E-state index contributed by atoms with van der Waals surface area (Å²) in [5.41, 5.74) is 2.41. The average Bonchev–Trinajstić information content (AvgIpc) is 2.51. The van der Waals surface area contributed by atoms with E-state index in [1.54, 1.807) is 0 Å². The molecule has 0 fully saturated rings. The van der Waals surface area contributed by atoms with E-state index in [-0.39, 0.29) is 0 Å². The van der Waals surface area contributed by atoms with Crippen LogP contribution >= 0.6 is 15.9 Å². The van der Waals surface area contributed by atoms with Crippen molar-refractivity contribution in [3.63, 3.8) is 0 Å². The van der Waals surface area contributed by atoms with Gasteiger partial charge >= 0.3 is 0 Å². The van der Waals surface area contributed by atoms with E-state index in [9.17, 15) is 0 Å². The molecule has 0 bridgehead atoms. The average molecular weight is 348 g/mol. The molecule has 0 spiro atoms.